The van der Waals surface area contributed by atoms with Gasteiger partial charge in [0, 0.05) is 16.9 Å². The van der Waals surface area contributed by atoms with Gasteiger partial charge in [-0.05, 0) is 39.0 Å². The van der Waals surface area contributed by atoms with Crippen molar-refractivity contribution in [1.29, 1.82) is 5.26 Å². The summed E-state index contributed by atoms with van der Waals surface area (Å²) >= 11 is -1.41. The maximum atomic E-state index is 13.6. The van der Waals surface area contributed by atoms with Crippen molar-refractivity contribution < 1.29 is 8.94 Å². The Kier molecular flexibility index (Phi) is 4.71. The number of halogens is 1. The van der Waals surface area contributed by atoms with Crippen LogP contribution in [0.5, 0.6) is 0 Å². The topological polar surface area (TPSA) is 84.9 Å². The first kappa shape index (κ1) is 14.9. The van der Waals surface area contributed by atoms with E-state index in [1.807, 2.05) is 6.07 Å². The third-order valence-corrected chi connectivity index (χ3v) is 3.83. The Morgan fingerprint density at radius 3 is 2.61 bits per heavy atom. The fourth-order valence-corrected chi connectivity index (χ4v) is 1.92. The first-order valence-corrected chi connectivity index (χ1v) is 6.54. The van der Waals surface area contributed by atoms with Crippen LogP contribution in [0.25, 0.3) is 0 Å². The molecule has 0 aromatic heterocycles. The van der Waals surface area contributed by atoms with Crippen molar-refractivity contribution in [2.24, 2.45) is 5.73 Å². The summed E-state index contributed by atoms with van der Waals surface area (Å²) in [5.41, 5.74) is 6.20. The molecule has 0 aliphatic rings. The predicted octanol–water partition coefficient (Wildman–Crippen LogP) is 1.71. The van der Waals surface area contributed by atoms with Crippen LogP contribution in [-0.4, -0.2) is 9.30 Å². The second-order valence-corrected chi connectivity index (χ2v) is 6.82. The molecule has 3 N–H and O–H groups in total. The number of rotatable bonds is 3. The van der Waals surface area contributed by atoms with E-state index in [1.165, 1.54) is 18.2 Å². The zero-order valence-electron chi connectivity index (χ0n) is 10.5. The van der Waals surface area contributed by atoms with E-state index >= 15 is 0 Å². The second-order valence-electron chi connectivity index (χ2n) is 4.82. The van der Waals surface area contributed by atoms with E-state index in [0.717, 1.165) is 0 Å². The van der Waals surface area contributed by atoms with Crippen LogP contribution >= 0.6 is 0 Å². The number of nitrogens with two attached hydrogens (primary N) is 1. The molecule has 98 valence electrons. The average Bonchev–Trinajstić information content (AvgIpc) is 2.28. The van der Waals surface area contributed by atoms with E-state index in [2.05, 4.69) is 4.72 Å². The van der Waals surface area contributed by atoms with Crippen molar-refractivity contribution in [3.8, 4) is 6.07 Å². The fourth-order valence-electron chi connectivity index (χ4n) is 1.21. The molecule has 4 nitrogen and oxygen atoms in total. The van der Waals surface area contributed by atoms with Crippen LogP contribution in [0, 0.1) is 17.1 Å². The van der Waals surface area contributed by atoms with Gasteiger partial charge in [0.05, 0.1) is 11.6 Å². The van der Waals surface area contributed by atoms with Crippen LogP contribution in [-0.2, 0) is 11.4 Å². The second kappa shape index (κ2) is 5.67. The predicted molar refractivity (Wildman–Crippen MR) is 69.1 cm³/mol. The minimum Gasteiger partial charge on any atom is -0.598 e. The lowest BCUT2D eigenvalue weighted by Gasteiger charge is -2.26. The summed E-state index contributed by atoms with van der Waals surface area (Å²) in [7, 11) is 0. The maximum absolute atomic E-state index is 13.6. The normalized spacial score (nSPS) is 14.9. The van der Waals surface area contributed by atoms with Gasteiger partial charge < -0.3 is 10.3 Å². The summed E-state index contributed by atoms with van der Waals surface area (Å²) < 4.78 is 27.6. The average molecular weight is 269 g/mol. The molecule has 0 unspecified atom stereocenters. The lowest BCUT2D eigenvalue weighted by atomic mass is 10.1. The monoisotopic (exact) mass is 269 g/mol. The van der Waals surface area contributed by atoms with Crippen LogP contribution in [0.15, 0.2) is 18.2 Å². The van der Waals surface area contributed by atoms with Crippen molar-refractivity contribution in [1.82, 2.24) is 4.72 Å². The number of hydrogen-bond donors (Lipinski definition) is 2. The molecule has 0 fully saturated rings. The van der Waals surface area contributed by atoms with E-state index in [4.69, 9.17) is 11.0 Å². The lowest BCUT2D eigenvalue weighted by molar-refractivity contribution is 0.516. The Morgan fingerprint density at radius 1 is 1.50 bits per heavy atom. The van der Waals surface area contributed by atoms with E-state index in [1.54, 1.807) is 20.8 Å². The van der Waals surface area contributed by atoms with Crippen molar-refractivity contribution in [3.05, 3.63) is 35.1 Å². The fraction of sp³-hybridized carbons (Fsp3) is 0.417. The molecule has 1 rings (SSSR count). The Morgan fingerprint density at radius 2 is 2.11 bits per heavy atom. The summed E-state index contributed by atoms with van der Waals surface area (Å²) in [5, 5.41) is 8.75. The van der Waals surface area contributed by atoms with Crippen molar-refractivity contribution in [3.63, 3.8) is 0 Å². The summed E-state index contributed by atoms with van der Waals surface area (Å²) in [6.07, 6.45) is -0.918. The smallest absolute Gasteiger partial charge is 0.137 e. The highest BCUT2D eigenvalue weighted by Gasteiger charge is 2.29. The number of hydrogen-bond acceptors (Lipinski definition) is 4. The van der Waals surface area contributed by atoms with Crippen molar-refractivity contribution in [2.45, 2.75) is 31.7 Å². The Labute approximate surface area is 109 Å². The van der Waals surface area contributed by atoms with Gasteiger partial charge in [-0.1, -0.05) is 0 Å². The molecular formula is C12H16FN3OS. The number of benzene rings is 1. The van der Waals surface area contributed by atoms with Crippen LogP contribution in [0.2, 0.25) is 0 Å². The lowest BCUT2D eigenvalue weighted by Crippen LogP contribution is -2.44. The third-order valence-electron chi connectivity index (χ3n) is 2.25. The van der Waals surface area contributed by atoms with Gasteiger partial charge in [0.1, 0.15) is 16.7 Å². The van der Waals surface area contributed by atoms with Crippen molar-refractivity contribution in [2.75, 3.05) is 0 Å². The molecule has 0 saturated carbocycles. The van der Waals surface area contributed by atoms with Gasteiger partial charge in [0.25, 0.3) is 0 Å². The van der Waals surface area contributed by atoms with E-state index in [-0.39, 0.29) is 5.56 Å². The molecular weight excluding hydrogens is 253 g/mol. The molecule has 0 bridgehead atoms. The van der Waals surface area contributed by atoms with E-state index in [0.29, 0.717) is 5.56 Å². The Hall–Kier alpha value is -1.13. The number of nitrogens with one attached hydrogen (secondary N) is 1. The molecule has 0 amide bonds. The van der Waals surface area contributed by atoms with Gasteiger partial charge in [0.15, 0.2) is 0 Å². The number of nitrogens with zero attached hydrogens (tertiary/aromatic N) is 1. The van der Waals surface area contributed by atoms with Crippen LogP contribution < -0.4 is 10.5 Å². The van der Waals surface area contributed by atoms with Gasteiger partial charge in [-0.2, -0.15) is 5.26 Å². The van der Waals surface area contributed by atoms with E-state index < -0.39 is 28.1 Å². The summed E-state index contributed by atoms with van der Waals surface area (Å²) in [4.78, 5) is 0. The molecule has 0 radical (unpaired) electrons. The summed E-state index contributed by atoms with van der Waals surface area (Å²) in [6, 6.07) is 5.80. The van der Waals surface area contributed by atoms with Crippen LogP contribution in [0.3, 0.4) is 0 Å². The van der Waals surface area contributed by atoms with E-state index in [9.17, 15) is 8.94 Å². The highest BCUT2D eigenvalue weighted by Crippen LogP contribution is 2.19. The van der Waals surface area contributed by atoms with Crippen LogP contribution in [0.4, 0.5) is 4.39 Å². The van der Waals surface area contributed by atoms with Gasteiger partial charge in [-0.15, -0.1) is 4.72 Å². The molecule has 18 heavy (non-hydrogen) atoms. The summed E-state index contributed by atoms with van der Waals surface area (Å²) in [6.45, 7) is 5.35. The molecule has 0 spiro atoms. The quantitative estimate of drug-likeness (QED) is 0.646. The van der Waals surface area contributed by atoms with Gasteiger partial charge in [-0.3, -0.25) is 0 Å². The largest absolute Gasteiger partial charge is 0.598 e. The Bertz CT molecular complexity index is 467. The molecule has 1 aromatic carbocycles. The summed E-state index contributed by atoms with van der Waals surface area (Å²) in [5.74, 6) is -0.528. The van der Waals surface area contributed by atoms with Crippen molar-refractivity contribution >= 4 is 11.4 Å². The minimum absolute atomic E-state index is 0.131. The molecule has 2 atom stereocenters. The Balaban J connectivity index is 2.91. The molecule has 0 aliphatic heterocycles. The molecule has 0 saturated heterocycles. The maximum Gasteiger partial charge on any atom is 0.137 e. The molecule has 6 heteroatoms. The number of nitriles is 1. The van der Waals surface area contributed by atoms with Gasteiger partial charge >= 0.3 is 0 Å². The molecule has 0 heterocycles. The van der Waals surface area contributed by atoms with Gasteiger partial charge in [0.2, 0.25) is 0 Å². The first-order chi connectivity index (χ1) is 8.25. The minimum atomic E-state index is -1.41. The molecule has 0 aliphatic carbocycles. The van der Waals surface area contributed by atoms with Crippen LogP contribution in [0.1, 0.15) is 38.1 Å². The highest BCUT2D eigenvalue weighted by atomic mass is 32.2. The highest BCUT2D eigenvalue weighted by molar-refractivity contribution is 7.90. The zero-order chi connectivity index (χ0) is 13.9. The zero-order valence-corrected chi connectivity index (χ0v) is 11.3. The van der Waals surface area contributed by atoms with Gasteiger partial charge in [-0.25, -0.2) is 4.39 Å². The molecule has 1 aromatic rings. The SMILES string of the molecule is CC(C)(C)[S@@+]([O-])N[C@@H](N)c1cc(C#N)ccc1F. The third kappa shape index (κ3) is 3.68. The first-order valence-electron chi connectivity index (χ1n) is 5.39. The standard InChI is InChI=1S/C12H16FN3OS/c1-12(2,3)18(17)16-11(15)9-6-8(7-14)4-5-10(9)13/h4-6,11,16H,15H2,1-3H3/t11-,18-/m1/s1.